The topological polar surface area (TPSA) is 51.4 Å². The molecule has 0 spiro atoms. The summed E-state index contributed by atoms with van der Waals surface area (Å²) in [5.74, 6) is 0. The van der Waals surface area contributed by atoms with E-state index in [2.05, 4.69) is 22.3 Å². The molecule has 1 aromatic heterocycles. The molecule has 1 saturated heterocycles. The number of aromatic nitrogens is 1. The molecule has 1 atom stereocenters. The molecule has 2 N–H and O–H groups in total. The van der Waals surface area contributed by atoms with Crippen LogP contribution in [0.2, 0.25) is 0 Å². The SMILES string of the molecule is CN(Cc1csc(CN)n1)CC1CCCCO1. The third-order valence-electron chi connectivity index (χ3n) is 3.00. The van der Waals surface area contributed by atoms with E-state index in [4.69, 9.17) is 10.5 Å². The number of hydrogen-bond donors (Lipinski definition) is 1. The van der Waals surface area contributed by atoms with Crippen molar-refractivity contribution in [3.63, 3.8) is 0 Å². The second-order valence-corrected chi connectivity index (χ2v) is 5.56. The lowest BCUT2D eigenvalue weighted by Gasteiger charge is -2.26. The van der Waals surface area contributed by atoms with Crippen molar-refractivity contribution >= 4 is 11.3 Å². The van der Waals surface area contributed by atoms with Gasteiger partial charge in [0.2, 0.25) is 0 Å². The van der Waals surface area contributed by atoms with Gasteiger partial charge in [-0.3, -0.25) is 4.90 Å². The summed E-state index contributed by atoms with van der Waals surface area (Å²) in [7, 11) is 2.12. The lowest BCUT2D eigenvalue weighted by molar-refractivity contribution is -0.00272. The average Bonchev–Trinajstić information content (AvgIpc) is 2.78. The van der Waals surface area contributed by atoms with Gasteiger partial charge in [-0.05, 0) is 26.3 Å². The summed E-state index contributed by atoms with van der Waals surface area (Å²) >= 11 is 1.64. The molecule has 2 heterocycles. The highest BCUT2D eigenvalue weighted by Crippen LogP contribution is 2.15. The highest BCUT2D eigenvalue weighted by atomic mass is 32.1. The standard InChI is InChI=1S/C12H21N3OS/c1-15(8-11-4-2-3-5-16-11)7-10-9-17-12(6-13)14-10/h9,11H,2-8,13H2,1H3. The maximum absolute atomic E-state index is 5.73. The van der Waals surface area contributed by atoms with Crippen LogP contribution in [0.3, 0.4) is 0 Å². The van der Waals surface area contributed by atoms with Gasteiger partial charge in [0, 0.05) is 31.6 Å². The first-order valence-corrected chi connectivity index (χ1v) is 7.09. The monoisotopic (exact) mass is 255 g/mol. The molecule has 0 saturated carbocycles. The molecule has 0 aliphatic carbocycles. The average molecular weight is 255 g/mol. The Hall–Kier alpha value is -0.490. The van der Waals surface area contributed by atoms with E-state index in [1.165, 1.54) is 19.3 Å². The molecule has 1 aliphatic heterocycles. The summed E-state index contributed by atoms with van der Waals surface area (Å²) in [6.07, 6.45) is 4.11. The zero-order valence-corrected chi connectivity index (χ0v) is 11.2. The minimum atomic E-state index is 0.404. The molecule has 1 aliphatic rings. The van der Waals surface area contributed by atoms with Crippen LogP contribution < -0.4 is 5.73 Å². The summed E-state index contributed by atoms with van der Waals surface area (Å²) < 4.78 is 5.73. The van der Waals surface area contributed by atoms with E-state index in [0.717, 1.165) is 30.4 Å². The van der Waals surface area contributed by atoms with E-state index >= 15 is 0 Å². The minimum absolute atomic E-state index is 0.404. The number of thiazole rings is 1. The first kappa shape index (κ1) is 13.0. The molecule has 1 aromatic rings. The van der Waals surface area contributed by atoms with E-state index in [1.54, 1.807) is 11.3 Å². The molecule has 1 unspecified atom stereocenters. The van der Waals surface area contributed by atoms with Gasteiger partial charge >= 0.3 is 0 Å². The number of likely N-dealkylation sites (N-methyl/N-ethyl adjacent to an activating group) is 1. The van der Waals surface area contributed by atoms with Gasteiger partial charge in [-0.2, -0.15) is 0 Å². The Kier molecular flexibility index (Phi) is 4.91. The van der Waals surface area contributed by atoms with Crippen LogP contribution in [0.5, 0.6) is 0 Å². The van der Waals surface area contributed by atoms with Crippen LogP contribution in [0, 0.1) is 0 Å². The summed E-state index contributed by atoms with van der Waals surface area (Å²) in [5.41, 5.74) is 6.68. The molecule has 0 bridgehead atoms. The van der Waals surface area contributed by atoms with E-state index in [0.29, 0.717) is 12.6 Å². The lowest BCUT2D eigenvalue weighted by atomic mass is 10.1. The van der Waals surface area contributed by atoms with Crippen molar-refractivity contribution in [1.29, 1.82) is 0 Å². The van der Waals surface area contributed by atoms with Crippen LogP contribution in [-0.4, -0.2) is 36.2 Å². The van der Waals surface area contributed by atoms with Gasteiger partial charge in [0.15, 0.2) is 0 Å². The van der Waals surface area contributed by atoms with E-state index in [-0.39, 0.29) is 0 Å². The molecule has 0 aromatic carbocycles. The molecule has 1 fully saturated rings. The Morgan fingerprint density at radius 1 is 1.59 bits per heavy atom. The zero-order valence-electron chi connectivity index (χ0n) is 10.4. The van der Waals surface area contributed by atoms with Crippen molar-refractivity contribution in [2.45, 2.75) is 38.5 Å². The molecule has 5 heteroatoms. The molecule has 0 radical (unpaired) electrons. The van der Waals surface area contributed by atoms with Crippen molar-refractivity contribution in [1.82, 2.24) is 9.88 Å². The van der Waals surface area contributed by atoms with Gasteiger partial charge in [0.1, 0.15) is 5.01 Å². The van der Waals surface area contributed by atoms with Crippen LogP contribution >= 0.6 is 11.3 Å². The minimum Gasteiger partial charge on any atom is -0.377 e. The van der Waals surface area contributed by atoms with Gasteiger partial charge in [-0.15, -0.1) is 11.3 Å². The van der Waals surface area contributed by atoms with Crippen molar-refractivity contribution < 1.29 is 4.74 Å². The van der Waals surface area contributed by atoms with E-state index < -0.39 is 0 Å². The van der Waals surface area contributed by atoms with Crippen LogP contribution in [-0.2, 0) is 17.8 Å². The Balaban J connectivity index is 1.77. The van der Waals surface area contributed by atoms with Crippen molar-refractivity contribution in [3.05, 3.63) is 16.1 Å². The fourth-order valence-corrected chi connectivity index (χ4v) is 2.82. The number of ether oxygens (including phenoxy) is 1. The normalized spacial score (nSPS) is 21.0. The first-order chi connectivity index (χ1) is 8.28. The summed E-state index contributed by atoms with van der Waals surface area (Å²) in [5, 5.41) is 3.11. The van der Waals surface area contributed by atoms with Crippen LogP contribution in [0.1, 0.15) is 30.0 Å². The van der Waals surface area contributed by atoms with Gasteiger partial charge in [-0.25, -0.2) is 4.98 Å². The third kappa shape index (κ3) is 4.03. The number of nitrogens with zero attached hydrogens (tertiary/aromatic N) is 2. The number of rotatable bonds is 5. The van der Waals surface area contributed by atoms with Gasteiger partial charge in [0.25, 0.3) is 0 Å². The van der Waals surface area contributed by atoms with Gasteiger partial charge in [-0.1, -0.05) is 0 Å². The molecule has 96 valence electrons. The molecule has 2 rings (SSSR count). The fraction of sp³-hybridized carbons (Fsp3) is 0.750. The summed E-state index contributed by atoms with van der Waals surface area (Å²) in [4.78, 5) is 6.76. The largest absolute Gasteiger partial charge is 0.377 e. The molecular formula is C12H21N3OS. The second kappa shape index (κ2) is 6.44. The summed E-state index contributed by atoms with van der Waals surface area (Å²) in [6, 6.07) is 0. The Morgan fingerprint density at radius 2 is 2.47 bits per heavy atom. The summed E-state index contributed by atoms with van der Waals surface area (Å²) in [6.45, 7) is 3.35. The Bertz CT molecular complexity index is 336. The highest BCUT2D eigenvalue weighted by molar-refractivity contribution is 7.09. The smallest absolute Gasteiger partial charge is 0.106 e. The molecule has 17 heavy (non-hydrogen) atoms. The maximum atomic E-state index is 5.73. The zero-order chi connectivity index (χ0) is 12.1. The van der Waals surface area contributed by atoms with Gasteiger partial charge < -0.3 is 10.5 Å². The fourth-order valence-electron chi connectivity index (χ4n) is 2.16. The van der Waals surface area contributed by atoms with Crippen molar-refractivity contribution in [2.24, 2.45) is 5.73 Å². The van der Waals surface area contributed by atoms with Crippen molar-refractivity contribution in [3.8, 4) is 0 Å². The van der Waals surface area contributed by atoms with Crippen molar-refractivity contribution in [2.75, 3.05) is 20.2 Å². The van der Waals surface area contributed by atoms with Gasteiger partial charge in [0.05, 0.1) is 11.8 Å². The predicted molar refractivity (Wildman–Crippen MR) is 69.9 cm³/mol. The quantitative estimate of drug-likeness (QED) is 0.868. The molecule has 4 nitrogen and oxygen atoms in total. The molecular weight excluding hydrogens is 234 g/mol. The van der Waals surface area contributed by atoms with E-state index in [9.17, 15) is 0 Å². The lowest BCUT2D eigenvalue weighted by Crippen LogP contribution is -2.33. The number of hydrogen-bond acceptors (Lipinski definition) is 5. The Labute approximate surface area is 107 Å². The maximum Gasteiger partial charge on any atom is 0.106 e. The molecule has 0 amide bonds. The van der Waals surface area contributed by atoms with Crippen LogP contribution in [0.25, 0.3) is 0 Å². The third-order valence-corrected chi connectivity index (χ3v) is 3.92. The number of nitrogens with two attached hydrogens (primary N) is 1. The highest BCUT2D eigenvalue weighted by Gasteiger charge is 2.16. The Morgan fingerprint density at radius 3 is 3.12 bits per heavy atom. The second-order valence-electron chi connectivity index (χ2n) is 4.62. The van der Waals surface area contributed by atoms with Crippen LogP contribution in [0.4, 0.5) is 0 Å². The predicted octanol–water partition coefficient (Wildman–Crippen LogP) is 1.60. The van der Waals surface area contributed by atoms with Crippen LogP contribution in [0.15, 0.2) is 5.38 Å². The first-order valence-electron chi connectivity index (χ1n) is 6.21. The van der Waals surface area contributed by atoms with E-state index in [1.807, 2.05) is 0 Å².